The highest BCUT2D eigenvalue weighted by atomic mass is 32.1. The van der Waals surface area contributed by atoms with Crippen LogP contribution in [0, 0.1) is 5.92 Å². The number of thiol groups is 1. The van der Waals surface area contributed by atoms with Crippen LogP contribution in [0.4, 0.5) is 0 Å². The zero-order valence-corrected chi connectivity index (χ0v) is 7.32. The third-order valence-electron chi connectivity index (χ3n) is 1.39. The monoisotopic (exact) mass is 148 g/mol. The average molecular weight is 148 g/mol. The van der Waals surface area contributed by atoms with Crippen LogP contribution in [-0.4, -0.2) is 19.0 Å². The number of ether oxygens (including phenoxy) is 1. The van der Waals surface area contributed by atoms with Gasteiger partial charge in [-0.05, 0) is 12.3 Å². The van der Waals surface area contributed by atoms with Gasteiger partial charge in [0.15, 0.2) is 0 Å². The van der Waals surface area contributed by atoms with Gasteiger partial charge < -0.3 is 4.74 Å². The molecule has 56 valence electrons. The zero-order valence-electron chi connectivity index (χ0n) is 6.42. The molecule has 1 nitrogen and oxygen atoms in total. The average Bonchev–Trinajstić information content (AvgIpc) is 1.82. The topological polar surface area (TPSA) is 9.23 Å². The van der Waals surface area contributed by atoms with Crippen LogP contribution in [-0.2, 0) is 4.74 Å². The van der Waals surface area contributed by atoms with Crippen molar-refractivity contribution >= 4 is 12.6 Å². The maximum absolute atomic E-state index is 4.91. The smallest absolute Gasteiger partial charge is 0.0472 e. The van der Waals surface area contributed by atoms with E-state index in [4.69, 9.17) is 4.74 Å². The van der Waals surface area contributed by atoms with Crippen LogP contribution in [0.25, 0.3) is 0 Å². The molecule has 0 aliphatic carbocycles. The first kappa shape index (κ1) is 9.31. The van der Waals surface area contributed by atoms with Gasteiger partial charge in [-0.1, -0.05) is 13.8 Å². The van der Waals surface area contributed by atoms with Gasteiger partial charge in [-0.2, -0.15) is 12.6 Å². The molecule has 0 heterocycles. The maximum Gasteiger partial charge on any atom is 0.0472 e. The van der Waals surface area contributed by atoms with Gasteiger partial charge in [-0.3, -0.25) is 0 Å². The van der Waals surface area contributed by atoms with Crippen molar-refractivity contribution in [2.75, 3.05) is 13.7 Å². The summed E-state index contributed by atoms with van der Waals surface area (Å²) in [4.78, 5) is 0. The summed E-state index contributed by atoms with van der Waals surface area (Å²) in [6.45, 7) is 5.17. The molecule has 0 N–H and O–H groups in total. The second-order valence-electron chi connectivity index (χ2n) is 2.59. The van der Waals surface area contributed by atoms with Crippen molar-refractivity contribution in [2.45, 2.75) is 25.5 Å². The Hall–Kier alpha value is 0.310. The second kappa shape index (κ2) is 5.12. The Labute approximate surface area is 63.2 Å². The predicted molar refractivity (Wildman–Crippen MR) is 44.1 cm³/mol. The molecule has 0 unspecified atom stereocenters. The number of methoxy groups -OCH3 is 1. The van der Waals surface area contributed by atoms with Crippen molar-refractivity contribution in [3.63, 3.8) is 0 Å². The first-order valence-corrected chi connectivity index (χ1v) is 3.87. The van der Waals surface area contributed by atoms with E-state index < -0.39 is 0 Å². The normalized spacial score (nSPS) is 14.3. The Bertz CT molecular complexity index is 63.9. The predicted octanol–water partition coefficient (Wildman–Crippen LogP) is 1.98. The molecule has 2 heteroatoms. The molecule has 0 rings (SSSR count). The molecule has 0 aromatic rings. The van der Waals surface area contributed by atoms with Crippen LogP contribution in [0.15, 0.2) is 0 Å². The molecular weight excluding hydrogens is 132 g/mol. The number of hydrogen-bond donors (Lipinski definition) is 1. The van der Waals surface area contributed by atoms with Crippen molar-refractivity contribution in [1.82, 2.24) is 0 Å². The van der Waals surface area contributed by atoms with E-state index in [9.17, 15) is 0 Å². The minimum absolute atomic E-state index is 0.491. The molecule has 0 spiro atoms. The fourth-order valence-corrected chi connectivity index (χ4v) is 0.677. The van der Waals surface area contributed by atoms with E-state index in [1.165, 1.54) is 0 Å². The Kier molecular flexibility index (Phi) is 5.30. The van der Waals surface area contributed by atoms with Gasteiger partial charge >= 0.3 is 0 Å². The van der Waals surface area contributed by atoms with Gasteiger partial charge in [0.2, 0.25) is 0 Å². The van der Waals surface area contributed by atoms with Crippen molar-refractivity contribution in [2.24, 2.45) is 5.92 Å². The highest BCUT2D eigenvalue weighted by molar-refractivity contribution is 7.81. The van der Waals surface area contributed by atoms with Crippen molar-refractivity contribution < 1.29 is 4.74 Å². The molecule has 0 aliphatic rings. The molecule has 0 aliphatic heterocycles. The Morgan fingerprint density at radius 3 is 2.33 bits per heavy atom. The van der Waals surface area contributed by atoms with Crippen molar-refractivity contribution in [1.29, 1.82) is 0 Å². The van der Waals surface area contributed by atoms with E-state index in [1.807, 2.05) is 0 Å². The molecule has 0 bridgehead atoms. The summed E-state index contributed by atoms with van der Waals surface area (Å²) in [5.41, 5.74) is 0. The molecule has 9 heavy (non-hydrogen) atoms. The van der Waals surface area contributed by atoms with Crippen molar-refractivity contribution in [3.8, 4) is 0 Å². The van der Waals surface area contributed by atoms with Gasteiger partial charge in [0, 0.05) is 19.0 Å². The van der Waals surface area contributed by atoms with E-state index in [-0.39, 0.29) is 0 Å². The standard InChI is InChI=1S/C7H16OS/c1-6(2)7(9)4-5-8-3/h6-7,9H,4-5H2,1-3H3/t7-/m1/s1. The summed E-state index contributed by atoms with van der Waals surface area (Å²) in [6, 6.07) is 0. The van der Waals surface area contributed by atoms with Crippen LogP contribution in [0.1, 0.15) is 20.3 Å². The summed E-state index contributed by atoms with van der Waals surface area (Å²) >= 11 is 4.38. The van der Waals surface area contributed by atoms with Crippen molar-refractivity contribution in [3.05, 3.63) is 0 Å². The molecule has 0 aromatic heterocycles. The van der Waals surface area contributed by atoms with Gasteiger partial charge in [0.25, 0.3) is 0 Å². The van der Waals surface area contributed by atoms with E-state index in [1.54, 1.807) is 7.11 Å². The Morgan fingerprint density at radius 1 is 1.44 bits per heavy atom. The van der Waals surface area contributed by atoms with E-state index in [0.717, 1.165) is 13.0 Å². The SMILES string of the molecule is COCC[C@@H](S)C(C)C. The van der Waals surface area contributed by atoms with Gasteiger partial charge in [-0.15, -0.1) is 0 Å². The molecule has 1 atom stereocenters. The fraction of sp³-hybridized carbons (Fsp3) is 1.00. The fourth-order valence-electron chi connectivity index (χ4n) is 0.572. The zero-order chi connectivity index (χ0) is 7.28. The summed E-state index contributed by atoms with van der Waals surface area (Å²) in [6.07, 6.45) is 1.05. The molecule has 0 aromatic carbocycles. The van der Waals surface area contributed by atoms with Crippen LogP contribution < -0.4 is 0 Å². The lowest BCUT2D eigenvalue weighted by atomic mass is 10.1. The largest absolute Gasteiger partial charge is 0.385 e. The highest BCUT2D eigenvalue weighted by Gasteiger charge is 2.05. The molecular formula is C7H16OS. The molecule has 0 fully saturated rings. The summed E-state index contributed by atoms with van der Waals surface area (Å²) in [5.74, 6) is 0.656. The van der Waals surface area contributed by atoms with Crippen LogP contribution in [0.2, 0.25) is 0 Å². The quantitative estimate of drug-likeness (QED) is 0.600. The second-order valence-corrected chi connectivity index (χ2v) is 3.26. The maximum atomic E-state index is 4.91. The molecule has 0 amide bonds. The van der Waals surface area contributed by atoms with Gasteiger partial charge in [0.1, 0.15) is 0 Å². The van der Waals surface area contributed by atoms with Gasteiger partial charge in [0.05, 0.1) is 0 Å². The Balaban J connectivity index is 3.16. The van der Waals surface area contributed by atoms with Crippen LogP contribution in [0.5, 0.6) is 0 Å². The molecule has 0 radical (unpaired) electrons. The molecule has 0 saturated carbocycles. The summed E-state index contributed by atoms with van der Waals surface area (Å²) < 4.78 is 4.91. The lowest BCUT2D eigenvalue weighted by Gasteiger charge is -2.12. The van der Waals surface area contributed by atoms with Crippen LogP contribution in [0.3, 0.4) is 0 Å². The number of hydrogen-bond acceptors (Lipinski definition) is 2. The first-order valence-electron chi connectivity index (χ1n) is 3.35. The lowest BCUT2D eigenvalue weighted by Crippen LogP contribution is -2.10. The van der Waals surface area contributed by atoms with E-state index >= 15 is 0 Å². The Morgan fingerprint density at radius 2 is 2.00 bits per heavy atom. The summed E-state index contributed by atoms with van der Waals surface area (Å²) in [7, 11) is 1.72. The highest BCUT2D eigenvalue weighted by Crippen LogP contribution is 2.11. The third-order valence-corrected chi connectivity index (χ3v) is 2.24. The lowest BCUT2D eigenvalue weighted by molar-refractivity contribution is 0.191. The minimum atomic E-state index is 0.491. The van der Waals surface area contributed by atoms with Gasteiger partial charge in [-0.25, -0.2) is 0 Å². The first-order chi connectivity index (χ1) is 4.18. The van der Waals surface area contributed by atoms with E-state index in [0.29, 0.717) is 11.2 Å². The minimum Gasteiger partial charge on any atom is -0.385 e. The van der Waals surface area contributed by atoms with E-state index in [2.05, 4.69) is 26.5 Å². The van der Waals surface area contributed by atoms with Crippen LogP contribution >= 0.6 is 12.6 Å². The third kappa shape index (κ3) is 4.79. The number of rotatable bonds is 4. The summed E-state index contributed by atoms with van der Waals surface area (Å²) in [5, 5.41) is 0.491. The molecule has 0 saturated heterocycles.